The van der Waals surface area contributed by atoms with Gasteiger partial charge >= 0.3 is 0 Å². The summed E-state index contributed by atoms with van der Waals surface area (Å²) in [6, 6.07) is 16.2. The zero-order chi connectivity index (χ0) is 15.4. The van der Waals surface area contributed by atoms with Crippen LogP contribution in [0.1, 0.15) is 10.4 Å². The zero-order valence-electron chi connectivity index (χ0n) is 12.0. The van der Waals surface area contributed by atoms with Crippen LogP contribution >= 0.6 is 0 Å². The molecule has 0 aliphatic carbocycles. The quantitative estimate of drug-likeness (QED) is 0.801. The van der Waals surface area contributed by atoms with Gasteiger partial charge in [0.1, 0.15) is 11.5 Å². The van der Waals surface area contributed by atoms with Gasteiger partial charge in [0.05, 0.1) is 12.1 Å². The molecule has 0 bridgehead atoms. The van der Waals surface area contributed by atoms with Gasteiger partial charge in [-0.05, 0) is 36.4 Å². The van der Waals surface area contributed by atoms with Crippen LogP contribution < -0.4 is 15.4 Å². The van der Waals surface area contributed by atoms with Crippen LogP contribution in [-0.2, 0) is 0 Å². The van der Waals surface area contributed by atoms with E-state index < -0.39 is 6.10 Å². The lowest BCUT2D eigenvalue weighted by atomic mass is 10.1. The number of ether oxygens (including phenoxy) is 1. The van der Waals surface area contributed by atoms with Gasteiger partial charge in [-0.2, -0.15) is 0 Å². The fourth-order valence-electron chi connectivity index (χ4n) is 2.36. The Labute approximate surface area is 128 Å². The Morgan fingerprint density at radius 3 is 2.36 bits per heavy atom. The van der Waals surface area contributed by atoms with Crippen LogP contribution in [0.2, 0.25) is 0 Å². The molecular weight excluding hydrogens is 280 g/mol. The van der Waals surface area contributed by atoms with Gasteiger partial charge in [0.15, 0.2) is 0 Å². The maximum atomic E-state index is 12.1. The Morgan fingerprint density at radius 1 is 1.05 bits per heavy atom. The summed E-state index contributed by atoms with van der Waals surface area (Å²) >= 11 is 0. The summed E-state index contributed by atoms with van der Waals surface area (Å²) in [5.41, 5.74) is 0.541. The number of para-hydroxylation sites is 1. The first kappa shape index (κ1) is 14.6. The van der Waals surface area contributed by atoms with Crippen LogP contribution in [0, 0.1) is 0 Å². The fraction of sp³-hybridized carbons (Fsp3) is 0.235. The minimum atomic E-state index is -0.537. The SMILES string of the molecule is O=C(N[C@H]1CNC[C@@H]1O)c1ccc(Oc2ccccc2)cc1. The molecule has 5 heteroatoms. The lowest BCUT2D eigenvalue weighted by molar-refractivity contribution is 0.0888. The molecule has 2 atom stereocenters. The topological polar surface area (TPSA) is 70.6 Å². The number of hydrogen-bond acceptors (Lipinski definition) is 4. The number of carbonyl (C=O) groups is 1. The minimum Gasteiger partial charge on any atom is -0.457 e. The van der Waals surface area contributed by atoms with Crippen LogP contribution in [0.25, 0.3) is 0 Å². The number of β-amino-alcohol motifs (C(OH)–C–C–N with tert-alkyl or cyclic N) is 1. The Morgan fingerprint density at radius 2 is 1.73 bits per heavy atom. The number of carbonyl (C=O) groups excluding carboxylic acids is 1. The van der Waals surface area contributed by atoms with Gasteiger partial charge in [0.2, 0.25) is 0 Å². The van der Waals surface area contributed by atoms with Crippen molar-refractivity contribution in [2.24, 2.45) is 0 Å². The predicted octanol–water partition coefficient (Wildman–Crippen LogP) is 1.54. The zero-order valence-corrected chi connectivity index (χ0v) is 12.0. The van der Waals surface area contributed by atoms with Crippen molar-refractivity contribution in [1.82, 2.24) is 10.6 Å². The van der Waals surface area contributed by atoms with E-state index in [2.05, 4.69) is 10.6 Å². The molecule has 114 valence electrons. The summed E-state index contributed by atoms with van der Waals surface area (Å²) in [4.78, 5) is 12.1. The normalized spacial score (nSPS) is 20.6. The minimum absolute atomic E-state index is 0.195. The van der Waals surface area contributed by atoms with Crippen molar-refractivity contribution >= 4 is 5.91 Å². The largest absolute Gasteiger partial charge is 0.457 e. The van der Waals surface area contributed by atoms with E-state index in [0.29, 0.717) is 24.4 Å². The second kappa shape index (κ2) is 6.60. The number of aliphatic hydroxyl groups excluding tert-OH is 1. The molecule has 2 aromatic carbocycles. The molecule has 3 N–H and O–H groups in total. The van der Waals surface area contributed by atoms with E-state index in [1.54, 1.807) is 24.3 Å². The number of nitrogens with one attached hydrogen (secondary N) is 2. The lowest BCUT2D eigenvalue weighted by Crippen LogP contribution is -2.42. The highest BCUT2D eigenvalue weighted by molar-refractivity contribution is 5.94. The summed E-state index contributed by atoms with van der Waals surface area (Å²) in [6.45, 7) is 1.09. The van der Waals surface area contributed by atoms with Crippen molar-refractivity contribution in [3.63, 3.8) is 0 Å². The van der Waals surface area contributed by atoms with Crippen molar-refractivity contribution in [3.05, 3.63) is 60.2 Å². The Hall–Kier alpha value is -2.37. The molecule has 3 rings (SSSR count). The van der Waals surface area contributed by atoms with Crippen molar-refractivity contribution in [2.75, 3.05) is 13.1 Å². The highest BCUT2D eigenvalue weighted by Gasteiger charge is 2.26. The molecule has 5 nitrogen and oxygen atoms in total. The van der Waals surface area contributed by atoms with Crippen molar-refractivity contribution in [2.45, 2.75) is 12.1 Å². The molecule has 0 aromatic heterocycles. The molecule has 0 saturated carbocycles. The maximum absolute atomic E-state index is 12.1. The number of hydrogen-bond donors (Lipinski definition) is 3. The first-order chi connectivity index (χ1) is 10.7. The molecular formula is C17H18N2O3. The molecule has 1 heterocycles. The standard InChI is InChI=1S/C17H18N2O3/c20-16-11-18-10-15(16)19-17(21)12-6-8-14(9-7-12)22-13-4-2-1-3-5-13/h1-9,15-16,18,20H,10-11H2,(H,19,21)/t15-,16-/m0/s1. The van der Waals surface area contributed by atoms with Gasteiger partial charge in [-0.3, -0.25) is 4.79 Å². The highest BCUT2D eigenvalue weighted by Crippen LogP contribution is 2.21. The fourth-order valence-corrected chi connectivity index (χ4v) is 2.36. The third-order valence-electron chi connectivity index (χ3n) is 3.59. The van der Waals surface area contributed by atoms with Crippen LogP contribution in [0.5, 0.6) is 11.5 Å². The summed E-state index contributed by atoms with van der Waals surface area (Å²) in [6.07, 6.45) is -0.537. The molecule has 1 amide bonds. The van der Waals surface area contributed by atoms with E-state index in [0.717, 1.165) is 5.75 Å². The van der Waals surface area contributed by atoms with E-state index in [4.69, 9.17) is 4.74 Å². The Balaban J connectivity index is 1.62. The average Bonchev–Trinajstić information content (AvgIpc) is 2.94. The molecule has 1 aliphatic rings. The highest BCUT2D eigenvalue weighted by atomic mass is 16.5. The van der Waals surface area contributed by atoms with E-state index in [9.17, 15) is 9.90 Å². The predicted molar refractivity (Wildman–Crippen MR) is 83.1 cm³/mol. The van der Waals surface area contributed by atoms with E-state index in [1.165, 1.54) is 0 Å². The lowest BCUT2D eigenvalue weighted by Gasteiger charge is -2.15. The summed E-state index contributed by atoms with van der Waals surface area (Å²) in [7, 11) is 0. The van der Waals surface area contributed by atoms with Crippen LogP contribution in [0.15, 0.2) is 54.6 Å². The first-order valence-corrected chi connectivity index (χ1v) is 7.25. The monoisotopic (exact) mass is 298 g/mol. The number of benzene rings is 2. The summed E-state index contributed by atoms with van der Waals surface area (Å²) in [5.74, 6) is 1.23. The van der Waals surface area contributed by atoms with E-state index in [-0.39, 0.29) is 11.9 Å². The molecule has 1 fully saturated rings. The first-order valence-electron chi connectivity index (χ1n) is 7.25. The second-order valence-electron chi connectivity index (χ2n) is 5.25. The second-order valence-corrected chi connectivity index (χ2v) is 5.25. The molecule has 0 unspecified atom stereocenters. The smallest absolute Gasteiger partial charge is 0.251 e. The molecule has 1 saturated heterocycles. The van der Waals surface area contributed by atoms with Gasteiger partial charge in [-0.15, -0.1) is 0 Å². The van der Waals surface area contributed by atoms with Crippen molar-refractivity contribution in [3.8, 4) is 11.5 Å². The third kappa shape index (κ3) is 3.44. The van der Waals surface area contributed by atoms with Gasteiger partial charge in [0, 0.05) is 18.7 Å². The summed E-state index contributed by atoms with van der Waals surface area (Å²) in [5, 5.41) is 15.5. The van der Waals surface area contributed by atoms with Crippen LogP contribution in [-0.4, -0.2) is 36.2 Å². The van der Waals surface area contributed by atoms with Crippen LogP contribution in [0.3, 0.4) is 0 Å². The van der Waals surface area contributed by atoms with Gasteiger partial charge in [-0.25, -0.2) is 0 Å². The molecule has 0 spiro atoms. The Kier molecular flexibility index (Phi) is 4.37. The molecule has 0 radical (unpaired) electrons. The molecule has 22 heavy (non-hydrogen) atoms. The molecule has 2 aromatic rings. The van der Waals surface area contributed by atoms with Crippen molar-refractivity contribution in [1.29, 1.82) is 0 Å². The number of aliphatic hydroxyl groups is 1. The van der Waals surface area contributed by atoms with E-state index >= 15 is 0 Å². The maximum Gasteiger partial charge on any atom is 0.251 e. The van der Waals surface area contributed by atoms with Gasteiger partial charge in [0.25, 0.3) is 5.91 Å². The van der Waals surface area contributed by atoms with Crippen molar-refractivity contribution < 1.29 is 14.6 Å². The Bertz CT molecular complexity index is 628. The molecule has 1 aliphatic heterocycles. The third-order valence-corrected chi connectivity index (χ3v) is 3.59. The van der Waals surface area contributed by atoms with Gasteiger partial charge in [-0.1, -0.05) is 18.2 Å². The summed E-state index contributed by atoms with van der Waals surface area (Å²) < 4.78 is 5.68. The number of rotatable bonds is 4. The van der Waals surface area contributed by atoms with E-state index in [1.807, 2.05) is 30.3 Å². The van der Waals surface area contributed by atoms with Gasteiger partial charge < -0.3 is 20.5 Å². The average molecular weight is 298 g/mol. The van der Waals surface area contributed by atoms with Crippen LogP contribution in [0.4, 0.5) is 0 Å². The number of amides is 1.